The third-order valence-corrected chi connectivity index (χ3v) is 5.25. The second kappa shape index (κ2) is 7.65. The number of benzene rings is 1. The van der Waals surface area contributed by atoms with Gasteiger partial charge in [-0.2, -0.15) is 0 Å². The first-order valence-corrected chi connectivity index (χ1v) is 8.29. The molecule has 0 aromatic heterocycles. The Morgan fingerprint density at radius 1 is 1.35 bits per heavy atom. The van der Waals surface area contributed by atoms with Crippen LogP contribution in [0.15, 0.2) is 24.3 Å². The number of amides is 1. The number of carbonyl (C=O) groups excluding carboxylic acids is 1. The lowest BCUT2D eigenvalue weighted by atomic mass is 9.90. The average Bonchev–Trinajstić information content (AvgIpc) is 3.34. The summed E-state index contributed by atoms with van der Waals surface area (Å²) in [6, 6.07) is 8.07. The largest absolute Gasteiger partial charge is 0.381 e. The van der Waals surface area contributed by atoms with Crippen LogP contribution in [0.5, 0.6) is 0 Å². The van der Waals surface area contributed by atoms with Crippen molar-refractivity contribution in [3.63, 3.8) is 0 Å². The Balaban J connectivity index is 0.00000192. The number of nitrogens with two attached hydrogens (primary N) is 1. The average molecular weight is 339 g/mol. The zero-order valence-corrected chi connectivity index (χ0v) is 14.5. The van der Waals surface area contributed by atoms with Gasteiger partial charge in [-0.1, -0.05) is 24.3 Å². The van der Waals surface area contributed by atoms with Crippen LogP contribution >= 0.6 is 12.4 Å². The molecule has 1 aliphatic carbocycles. The van der Waals surface area contributed by atoms with Crippen LogP contribution in [0.3, 0.4) is 0 Å². The van der Waals surface area contributed by atoms with Crippen molar-refractivity contribution in [1.29, 1.82) is 0 Å². The van der Waals surface area contributed by atoms with Gasteiger partial charge in [0.1, 0.15) is 0 Å². The number of nitrogens with one attached hydrogen (secondary N) is 1. The fourth-order valence-electron chi connectivity index (χ4n) is 3.52. The summed E-state index contributed by atoms with van der Waals surface area (Å²) < 4.78 is 5.34. The van der Waals surface area contributed by atoms with Gasteiger partial charge in [0.15, 0.2) is 0 Å². The molecule has 1 saturated carbocycles. The first kappa shape index (κ1) is 18.2. The van der Waals surface area contributed by atoms with Crippen molar-refractivity contribution < 1.29 is 9.53 Å². The van der Waals surface area contributed by atoms with Gasteiger partial charge >= 0.3 is 0 Å². The Morgan fingerprint density at radius 3 is 2.61 bits per heavy atom. The van der Waals surface area contributed by atoms with E-state index in [1.807, 2.05) is 0 Å². The number of carbonyl (C=O) groups is 1. The van der Waals surface area contributed by atoms with Gasteiger partial charge in [-0.3, -0.25) is 4.79 Å². The third kappa shape index (κ3) is 4.06. The van der Waals surface area contributed by atoms with E-state index in [1.165, 1.54) is 11.1 Å². The number of aryl methyl sites for hydroxylation is 1. The van der Waals surface area contributed by atoms with Crippen molar-refractivity contribution >= 4 is 18.3 Å². The first-order chi connectivity index (χ1) is 10.6. The molecule has 1 aliphatic heterocycles. The number of halogens is 1. The molecule has 1 atom stereocenters. The molecule has 1 saturated heterocycles. The Morgan fingerprint density at radius 2 is 2.00 bits per heavy atom. The zero-order chi connectivity index (χ0) is 15.6. The van der Waals surface area contributed by atoms with Crippen molar-refractivity contribution in [2.45, 2.75) is 44.1 Å². The molecule has 2 aliphatic rings. The summed E-state index contributed by atoms with van der Waals surface area (Å²) in [5.74, 6) is 0.245. The summed E-state index contributed by atoms with van der Waals surface area (Å²) >= 11 is 0. The van der Waals surface area contributed by atoms with Crippen molar-refractivity contribution in [2.75, 3.05) is 19.8 Å². The van der Waals surface area contributed by atoms with E-state index in [4.69, 9.17) is 10.5 Å². The molecule has 0 spiro atoms. The monoisotopic (exact) mass is 338 g/mol. The lowest BCUT2D eigenvalue weighted by Crippen LogP contribution is -2.48. The molecule has 3 N–H and O–H groups in total. The van der Waals surface area contributed by atoms with Crippen molar-refractivity contribution in [1.82, 2.24) is 5.32 Å². The van der Waals surface area contributed by atoms with Crippen LogP contribution in [0.1, 0.15) is 36.8 Å². The van der Waals surface area contributed by atoms with Crippen LogP contribution in [-0.2, 0) is 14.9 Å². The highest BCUT2D eigenvalue weighted by Crippen LogP contribution is 2.48. The summed E-state index contributed by atoms with van der Waals surface area (Å²) in [6.07, 6.45) is 4.06. The Bertz CT molecular complexity index is 540. The van der Waals surface area contributed by atoms with E-state index in [0.717, 1.165) is 38.9 Å². The van der Waals surface area contributed by atoms with E-state index in [0.29, 0.717) is 6.54 Å². The van der Waals surface area contributed by atoms with Gasteiger partial charge in [-0.05, 0) is 49.7 Å². The lowest BCUT2D eigenvalue weighted by Gasteiger charge is -2.27. The normalized spacial score (nSPS) is 21.1. The van der Waals surface area contributed by atoms with Crippen LogP contribution in [0.2, 0.25) is 0 Å². The van der Waals surface area contributed by atoms with E-state index in [2.05, 4.69) is 36.5 Å². The van der Waals surface area contributed by atoms with E-state index in [-0.39, 0.29) is 29.6 Å². The van der Waals surface area contributed by atoms with Gasteiger partial charge in [0, 0.05) is 25.2 Å². The van der Waals surface area contributed by atoms with Crippen LogP contribution in [0, 0.1) is 12.8 Å². The summed E-state index contributed by atoms with van der Waals surface area (Å²) in [7, 11) is 0. The molecule has 3 rings (SSSR count). The second-order valence-corrected chi connectivity index (χ2v) is 6.79. The highest BCUT2D eigenvalue weighted by molar-refractivity contribution is 5.85. The van der Waals surface area contributed by atoms with Gasteiger partial charge < -0.3 is 15.8 Å². The minimum Gasteiger partial charge on any atom is -0.381 e. The van der Waals surface area contributed by atoms with Gasteiger partial charge in [0.25, 0.3) is 0 Å². The number of hydrogen-bond donors (Lipinski definition) is 2. The van der Waals surface area contributed by atoms with Crippen molar-refractivity contribution in [2.24, 2.45) is 11.7 Å². The summed E-state index contributed by atoms with van der Waals surface area (Å²) in [4.78, 5) is 12.4. The molecule has 1 aromatic carbocycles. The molecule has 5 heteroatoms. The van der Waals surface area contributed by atoms with Gasteiger partial charge in [-0.15, -0.1) is 12.4 Å². The molecular formula is C18H27ClN2O2. The SMILES string of the molecule is Cc1ccccc1C1(CNC(=O)C(N)C2CCOCC2)CC1.Cl. The smallest absolute Gasteiger partial charge is 0.237 e. The molecule has 0 bridgehead atoms. The Kier molecular flexibility index (Phi) is 6.06. The molecule has 2 fully saturated rings. The maximum atomic E-state index is 12.4. The van der Waals surface area contributed by atoms with E-state index < -0.39 is 6.04 Å². The molecule has 4 nitrogen and oxygen atoms in total. The molecule has 1 amide bonds. The quantitative estimate of drug-likeness (QED) is 0.866. The summed E-state index contributed by atoms with van der Waals surface area (Å²) in [5.41, 5.74) is 8.96. The van der Waals surface area contributed by atoms with E-state index >= 15 is 0 Å². The topological polar surface area (TPSA) is 64.4 Å². The highest BCUT2D eigenvalue weighted by atomic mass is 35.5. The minimum absolute atomic E-state index is 0. The molecule has 0 radical (unpaired) electrons. The highest BCUT2D eigenvalue weighted by Gasteiger charge is 2.45. The number of ether oxygens (including phenoxy) is 1. The number of hydrogen-bond acceptors (Lipinski definition) is 3. The molecule has 1 unspecified atom stereocenters. The summed E-state index contributed by atoms with van der Waals surface area (Å²) in [5, 5.41) is 3.10. The fourth-order valence-corrected chi connectivity index (χ4v) is 3.52. The van der Waals surface area contributed by atoms with Crippen LogP contribution < -0.4 is 11.1 Å². The molecule has 1 aromatic rings. The predicted octanol–water partition coefficient (Wildman–Crippen LogP) is 2.32. The predicted molar refractivity (Wildman–Crippen MR) is 93.9 cm³/mol. The van der Waals surface area contributed by atoms with E-state index in [1.54, 1.807) is 0 Å². The minimum atomic E-state index is -0.406. The molecule has 128 valence electrons. The van der Waals surface area contributed by atoms with Crippen LogP contribution in [0.25, 0.3) is 0 Å². The first-order valence-electron chi connectivity index (χ1n) is 8.29. The fraction of sp³-hybridized carbons (Fsp3) is 0.611. The lowest BCUT2D eigenvalue weighted by molar-refractivity contribution is -0.124. The second-order valence-electron chi connectivity index (χ2n) is 6.79. The maximum absolute atomic E-state index is 12.4. The van der Waals surface area contributed by atoms with Gasteiger partial charge in [-0.25, -0.2) is 0 Å². The Labute approximate surface area is 144 Å². The maximum Gasteiger partial charge on any atom is 0.237 e. The summed E-state index contributed by atoms with van der Waals surface area (Å²) in [6.45, 7) is 4.29. The molecule has 23 heavy (non-hydrogen) atoms. The van der Waals surface area contributed by atoms with Crippen LogP contribution in [0.4, 0.5) is 0 Å². The number of rotatable bonds is 5. The van der Waals surface area contributed by atoms with Gasteiger partial charge in [0.2, 0.25) is 5.91 Å². The molecular weight excluding hydrogens is 312 g/mol. The van der Waals surface area contributed by atoms with E-state index in [9.17, 15) is 4.79 Å². The van der Waals surface area contributed by atoms with Crippen LogP contribution in [-0.4, -0.2) is 31.7 Å². The van der Waals surface area contributed by atoms with Crippen molar-refractivity contribution in [3.8, 4) is 0 Å². The third-order valence-electron chi connectivity index (χ3n) is 5.25. The Hall–Kier alpha value is -1.10. The molecule has 1 heterocycles. The standard InChI is InChI=1S/C18H26N2O2.ClH/c1-13-4-2-3-5-15(13)18(8-9-18)12-20-17(21)16(19)14-6-10-22-11-7-14;/h2-5,14,16H,6-12,19H2,1H3,(H,20,21);1H. The zero-order valence-electron chi connectivity index (χ0n) is 13.7. The van der Waals surface area contributed by atoms with Crippen molar-refractivity contribution in [3.05, 3.63) is 35.4 Å². The van der Waals surface area contributed by atoms with Gasteiger partial charge in [0.05, 0.1) is 6.04 Å².